The topological polar surface area (TPSA) is 67.4 Å². The zero-order valence-electron chi connectivity index (χ0n) is 17.4. The van der Waals surface area contributed by atoms with Crippen molar-refractivity contribution in [2.75, 3.05) is 7.11 Å². The van der Waals surface area contributed by atoms with Gasteiger partial charge < -0.3 is 4.74 Å². The third kappa shape index (κ3) is 4.48. The van der Waals surface area contributed by atoms with Crippen LogP contribution in [0.15, 0.2) is 84.9 Å². The highest BCUT2D eigenvalue weighted by Crippen LogP contribution is 2.57. The van der Waals surface area contributed by atoms with Gasteiger partial charge in [-0.3, -0.25) is 5.32 Å². The standard InChI is InChI=1S/C23H21F3N2O3S2/c1-31-19-14-12-18(13-15-19)22(17-10-6-3-7-11-17)20(16-8-4-2-5-9-16)27-21(32-22)28-33(29,30)23(24,25)26/h2-15,20-21,27-28H,1H3. The first-order valence-corrected chi connectivity index (χ1v) is 12.3. The minimum absolute atomic E-state index is 0.541. The van der Waals surface area contributed by atoms with Crippen LogP contribution in [0.4, 0.5) is 13.2 Å². The van der Waals surface area contributed by atoms with Crippen molar-refractivity contribution in [3.63, 3.8) is 0 Å². The van der Waals surface area contributed by atoms with Crippen LogP contribution in [0.2, 0.25) is 0 Å². The third-order valence-corrected chi connectivity index (χ3v) is 8.32. The SMILES string of the molecule is COc1ccc(C2(c3ccccc3)SC(NS(=O)(=O)C(F)(F)F)NC2c2ccccc2)cc1. The van der Waals surface area contributed by atoms with Gasteiger partial charge >= 0.3 is 15.5 Å². The molecule has 0 aromatic heterocycles. The van der Waals surface area contributed by atoms with E-state index in [9.17, 15) is 21.6 Å². The number of methoxy groups -OCH3 is 1. The van der Waals surface area contributed by atoms with Crippen LogP contribution in [-0.4, -0.2) is 26.5 Å². The summed E-state index contributed by atoms with van der Waals surface area (Å²) in [5.41, 5.74) is -4.25. The number of hydrogen-bond acceptors (Lipinski definition) is 5. The number of halogens is 3. The van der Waals surface area contributed by atoms with Gasteiger partial charge in [-0.1, -0.05) is 72.8 Å². The van der Waals surface area contributed by atoms with Crippen LogP contribution in [0, 0.1) is 0 Å². The average Bonchev–Trinajstić information content (AvgIpc) is 3.19. The van der Waals surface area contributed by atoms with Crippen LogP contribution in [0.25, 0.3) is 0 Å². The van der Waals surface area contributed by atoms with E-state index in [1.54, 1.807) is 24.0 Å². The molecule has 0 bridgehead atoms. The molecule has 3 atom stereocenters. The van der Waals surface area contributed by atoms with E-state index >= 15 is 0 Å². The summed E-state index contributed by atoms with van der Waals surface area (Å²) in [6.45, 7) is 0. The molecule has 1 aliphatic rings. The molecule has 33 heavy (non-hydrogen) atoms. The summed E-state index contributed by atoms with van der Waals surface area (Å²) in [6.07, 6.45) is 0. The Labute approximate surface area is 194 Å². The van der Waals surface area contributed by atoms with Crippen molar-refractivity contribution in [2.45, 2.75) is 21.8 Å². The number of alkyl halides is 3. The minimum Gasteiger partial charge on any atom is -0.497 e. The Morgan fingerprint density at radius 3 is 2.00 bits per heavy atom. The Balaban J connectivity index is 1.89. The Bertz CT molecular complexity index is 1190. The molecule has 3 aromatic rings. The lowest BCUT2D eigenvalue weighted by Crippen LogP contribution is -2.46. The maximum absolute atomic E-state index is 13.1. The molecule has 3 unspecified atom stereocenters. The predicted molar refractivity (Wildman–Crippen MR) is 122 cm³/mol. The van der Waals surface area contributed by atoms with Crippen molar-refractivity contribution in [1.82, 2.24) is 10.0 Å². The highest BCUT2D eigenvalue weighted by molar-refractivity contribution is 8.02. The first-order valence-electron chi connectivity index (χ1n) is 9.95. The molecule has 0 aliphatic carbocycles. The van der Waals surface area contributed by atoms with Crippen molar-refractivity contribution in [2.24, 2.45) is 0 Å². The maximum Gasteiger partial charge on any atom is 0.511 e. The summed E-state index contributed by atoms with van der Waals surface area (Å²) in [5.74, 6) is 0.628. The quantitative estimate of drug-likeness (QED) is 0.518. The molecule has 174 valence electrons. The molecule has 0 saturated carbocycles. The van der Waals surface area contributed by atoms with E-state index < -0.39 is 31.8 Å². The van der Waals surface area contributed by atoms with Crippen LogP contribution in [0.1, 0.15) is 22.7 Å². The lowest BCUT2D eigenvalue weighted by atomic mass is 9.81. The summed E-state index contributed by atoms with van der Waals surface area (Å²) < 4.78 is 69.3. The molecule has 0 radical (unpaired) electrons. The van der Waals surface area contributed by atoms with E-state index in [2.05, 4.69) is 5.32 Å². The van der Waals surface area contributed by atoms with Gasteiger partial charge in [-0.15, -0.1) is 11.8 Å². The van der Waals surface area contributed by atoms with E-state index in [1.807, 2.05) is 72.8 Å². The molecule has 1 fully saturated rings. The van der Waals surface area contributed by atoms with Crippen molar-refractivity contribution in [1.29, 1.82) is 0 Å². The van der Waals surface area contributed by atoms with Gasteiger partial charge in [0.2, 0.25) is 0 Å². The van der Waals surface area contributed by atoms with Gasteiger partial charge in [0, 0.05) is 0 Å². The van der Waals surface area contributed by atoms with Crippen LogP contribution < -0.4 is 14.8 Å². The molecule has 1 heterocycles. The first-order chi connectivity index (χ1) is 15.7. The monoisotopic (exact) mass is 494 g/mol. The van der Waals surface area contributed by atoms with Crippen LogP contribution >= 0.6 is 11.8 Å². The Hall–Kier alpha value is -2.53. The fourth-order valence-electron chi connectivity index (χ4n) is 3.96. The van der Waals surface area contributed by atoms with Gasteiger partial charge in [0.05, 0.1) is 17.9 Å². The lowest BCUT2D eigenvalue weighted by molar-refractivity contribution is -0.0449. The van der Waals surface area contributed by atoms with Gasteiger partial charge in [-0.2, -0.15) is 17.9 Å². The first kappa shape index (κ1) is 23.6. The predicted octanol–water partition coefficient (Wildman–Crippen LogP) is 4.74. The average molecular weight is 495 g/mol. The maximum atomic E-state index is 13.1. The van der Waals surface area contributed by atoms with E-state index in [-0.39, 0.29) is 0 Å². The van der Waals surface area contributed by atoms with E-state index in [0.717, 1.165) is 28.5 Å². The highest BCUT2D eigenvalue weighted by atomic mass is 32.2. The lowest BCUT2D eigenvalue weighted by Gasteiger charge is -2.35. The number of benzene rings is 3. The van der Waals surface area contributed by atoms with Gasteiger partial charge in [0.1, 0.15) is 11.2 Å². The molecular weight excluding hydrogens is 473 g/mol. The number of ether oxygens (including phenoxy) is 1. The van der Waals surface area contributed by atoms with Gasteiger partial charge in [0.25, 0.3) is 0 Å². The summed E-state index contributed by atoms with van der Waals surface area (Å²) in [5, 5.41) is 3.09. The fraction of sp³-hybridized carbons (Fsp3) is 0.217. The van der Waals surface area contributed by atoms with E-state index in [0.29, 0.717) is 5.75 Å². The smallest absolute Gasteiger partial charge is 0.497 e. The van der Waals surface area contributed by atoms with E-state index in [4.69, 9.17) is 4.74 Å². The molecule has 0 spiro atoms. The zero-order valence-corrected chi connectivity index (χ0v) is 19.0. The Morgan fingerprint density at radius 2 is 1.45 bits per heavy atom. The Morgan fingerprint density at radius 1 is 0.909 bits per heavy atom. The van der Waals surface area contributed by atoms with E-state index in [1.165, 1.54) is 0 Å². The number of hydrogen-bond donors (Lipinski definition) is 2. The van der Waals surface area contributed by atoms with Crippen molar-refractivity contribution in [3.05, 3.63) is 102 Å². The highest BCUT2D eigenvalue weighted by Gasteiger charge is 2.54. The van der Waals surface area contributed by atoms with Crippen molar-refractivity contribution < 1.29 is 26.3 Å². The molecule has 0 amide bonds. The second kappa shape index (κ2) is 9.02. The van der Waals surface area contributed by atoms with Gasteiger partial charge in [-0.25, -0.2) is 8.42 Å². The molecule has 5 nitrogen and oxygen atoms in total. The molecule has 1 saturated heterocycles. The largest absolute Gasteiger partial charge is 0.511 e. The van der Waals surface area contributed by atoms with Crippen molar-refractivity contribution in [3.8, 4) is 5.75 Å². The van der Waals surface area contributed by atoms with Crippen LogP contribution in [0.3, 0.4) is 0 Å². The molecule has 4 rings (SSSR count). The normalized spacial score (nSPS) is 23.4. The third-order valence-electron chi connectivity index (χ3n) is 5.45. The van der Waals surface area contributed by atoms with Crippen LogP contribution in [-0.2, 0) is 14.8 Å². The molecule has 10 heteroatoms. The van der Waals surface area contributed by atoms with Gasteiger partial charge in [-0.05, 0) is 28.8 Å². The summed E-state index contributed by atoms with van der Waals surface area (Å²) in [7, 11) is -4.02. The van der Waals surface area contributed by atoms with Gasteiger partial charge in [0.15, 0.2) is 0 Å². The number of thioether (sulfide) groups is 1. The molecule has 2 N–H and O–H groups in total. The summed E-state index contributed by atoms with van der Waals surface area (Å²) in [6, 6.07) is 25.2. The number of sulfonamides is 1. The van der Waals surface area contributed by atoms with Crippen molar-refractivity contribution >= 4 is 21.8 Å². The van der Waals surface area contributed by atoms with Crippen LogP contribution in [0.5, 0.6) is 5.75 Å². The summed E-state index contributed by atoms with van der Waals surface area (Å²) in [4.78, 5) is 0. The number of rotatable bonds is 6. The fourth-order valence-corrected chi connectivity index (χ4v) is 6.48. The molecular formula is C23H21F3N2O3S2. The zero-order chi connectivity index (χ0) is 23.7. The second-order valence-corrected chi connectivity index (χ2v) is 10.5. The molecule has 1 aliphatic heterocycles. The minimum atomic E-state index is -5.57. The Kier molecular flexibility index (Phi) is 6.45. The second-order valence-electron chi connectivity index (χ2n) is 7.41. The molecule has 3 aromatic carbocycles. The summed E-state index contributed by atoms with van der Waals surface area (Å²) >= 11 is 1.08. The number of nitrogens with one attached hydrogen (secondary N) is 2.